The molecule has 12 heteroatoms. The molecule has 0 aromatic rings. The first-order valence-electron chi connectivity index (χ1n) is 4.01. The number of hydrogen-bond donors (Lipinski definition) is 3. The lowest BCUT2D eigenvalue weighted by atomic mass is 10.3. The van der Waals surface area contributed by atoms with Gasteiger partial charge in [-0.1, -0.05) is 0 Å². The Bertz CT molecular complexity index is 481. The van der Waals surface area contributed by atoms with E-state index in [4.69, 9.17) is 4.55 Å². The number of carbonyl (C=O) groups excluding carboxylic acids is 4. The van der Waals surface area contributed by atoms with Gasteiger partial charge in [0, 0.05) is 0 Å². The Balaban J connectivity index is 4.93. The van der Waals surface area contributed by atoms with Crippen LogP contribution >= 0.6 is 0 Å². The predicted molar refractivity (Wildman–Crippen MR) is 51.3 cm³/mol. The number of ether oxygens (including phenoxy) is 2. The minimum Gasteiger partial charge on any atom is -0.376 e. The molecular formula is C6H8N2O9S. The van der Waals surface area contributed by atoms with Crippen LogP contribution in [0, 0.1) is 0 Å². The summed E-state index contributed by atoms with van der Waals surface area (Å²) in [7, 11) is -5.08. The number of rotatable bonds is 4. The van der Waals surface area contributed by atoms with Crippen LogP contribution in [0.2, 0.25) is 0 Å². The average molecular weight is 284 g/mol. The molecular weight excluding hydrogens is 276 g/mol. The quantitative estimate of drug-likeness (QED) is 0.293. The van der Waals surface area contributed by atoms with E-state index >= 15 is 0 Å². The maximum absolute atomic E-state index is 11.0. The van der Waals surface area contributed by atoms with E-state index in [1.54, 1.807) is 0 Å². The van der Waals surface area contributed by atoms with Gasteiger partial charge in [-0.2, -0.15) is 8.42 Å². The van der Waals surface area contributed by atoms with Gasteiger partial charge < -0.3 is 20.9 Å². The van der Waals surface area contributed by atoms with Crippen LogP contribution in [0.3, 0.4) is 0 Å². The molecule has 1 unspecified atom stereocenters. The highest BCUT2D eigenvalue weighted by Gasteiger charge is 2.37. The Morgan fingerprint density at radius 2 is 1.50 bits per heavy atom. The molecule has 102 valence electrons. The number of nitrogens with two attached hydrogens (primary N) is 2. The van der Waals surface area contributed by atoms with Gasteiger partial charge >= 0.3 is 24.1 Å². The molecule has 0 bridgehead atoms. The fourth-order valence-electron chi connectivity index (χ4n) is 0.780. The van der Waals surface area contributed by atoms with Crippen molar-refractivity contribution >= 4 is 34.2 Å². The molecule has 0 aromatic heterocycles. The lowest BCUT2D eigenvalue weighted by Crippen LogP contribution is -2.37. The van der Waals surface area contributed by atoms with Crippen molar-refractivity contribution in [2.24, 2.45) is 11.5 Å². The zero-order valence-electron chi connectivity index (χ0n) is 8.56. The number of primary amides is 2. The van der Waals surface area contributed by atoms with Crippen molar-refractivity contribution in [2.45, 2.75) is 11.7 Å². The van der Waals surface area contributed by atoms with Gasteiger partial charge in [0.25, 0.3) is 10.1 Å². The van der Waals surface area contributed by atoms with E-state index in [1.165, 1.54) is 0 Å². The van der Waals surface area contributed by atoms with Crippen LogP contribution in [0.5, 0.6) is 0 Å². The monoisotopic (exact) mass is 284 g/mol. The highest BCUT2D eigenvalue weighted by Crippen LogP contribution is 2.08. The number of esters is 2. The molecule has 0 rings (SSSR count). The molecule has 0 fully saturated rings. The van der Waals surface area contributed by atoms with Crippen molar-refractivity contribution in [3.05, 3.63) is 0 Å². The van der Waals surface area contributed by atoms with Crippen molar-refractivity contribution in [2.75, 3.05) is 0 Å². The summed E-state index contributed by atoms with van der Waals surface area (Å²) in [6, 6.07) is 0. The second-order valence-corrected chi connectivity index (χ2v) is 4.34. The topological polar surface area (TPSA) is 193 Å². The first kappa shape index (κ1) is 15.8. The molecule has 1 atom stereocenters. The Morgan fingerprint density at radius 1 is 1.06 bits per heavy atom. The lowest BCUT2D eigenvalue weighted by Gasteiger charge is -2.09. The largest absolute Gasteiger partial charge is 0.412 e. The first-order chi connectivity index (χ1) is 8.04. The zero-order valence-corrected chi connectivity index (χ0v) is 9.38. The third-order valence-corrected chi connectivity index (χ3v) is 2.47. The molecule has 18 heavy (non-hydrogen) atoms. The molecule has 0 aliphatic heterocycles. The summed E-state index contributed by atoms with van der Waals surface area (Å²) >= 11 is 0. The Kier molecular flexibility index (Phi) is 5.20. The van der Waals surface area contributed by atoms with Crippen molar-refractivity contribution in [1.82, 2.24) is 0 Å². The molecule has 0 saturated carbocycles. The van der Waals surface area contributed by atoms with Crippen molar-refractivity contribution in [1.29, 1.82) is 0 Å². The fraction of sp³-hybridized carbons (Fsp3) is 0.333. The van der Waals surface area contributed by atoms with E-state index in [2.05, 4.69) is 20.9 Å². The van der Waals surface area contributed by atoms with E-state index in [0.29, 0.717) is 0 Å². The Labute approximate surface area is 99.7 Å². The highest BCUT2D eigenvalue weighted by molar-refractivity contribution is 7.87. The summed E-state index contributed by atoms with van der Waals surface area (Å²) in [6.45, 7) is 0. The third-order valence-electron chi connectivity index (χ3n) is 1.39. The molecule has 11 nitrogen and oxygen atoms in total. The molecule has 0 radical (unpaired) electrons. The molecule has 0 heterocycles. The molecule has 5 N–H and O–H groups in total. The number of carbonyl (C=O) groups is 4. The number of hydrogen-bond acceptors (Lipinski definition) is 8. The van der Waals surface area contributed by atoms with Gasteiger partial charge in [0.2, 0.25) is 0 Å². The van der Waals surface area contributed by atoms with Crippen molar-refractivity contribution in [3.8, 4) is 0 Å². The molecule has 0 aliphatic rings. The summed E-state index contributed by atoms with van der Waals surface area (Å²) in [5.74, 6) is -3.32. The summed E-state index contributed by atoms with van der Waals surface area (Å²) in [5, 5.41) is -2.46. The normalized spacial score (nSPS) is 12.3. The maximum atomic E-state index is 11.0. The molecule has 0 aliphatic carbocycles. The lowest BCUT2D eigenvalue weighted by molar-refractivity contribution is -0.143. The summed E-state index contributed by atoms with van der Waals surface area (Å²) in [6.07, 6.45) is -4.47. The van der Waals surface area contributed by atoms with Crippen LogP contribution in [0.1, 0.15) is 6.42 Å². The van der Waals surface area contributed by atoms with Gasteiger partial charge in [0.15, 0.2) is 5.25 Å². The second-order valence-electron chi connectivity index (χ2n) is 2.74. The van der Waals surface area contributed by atoms with Crippen molar-refractivity contribution in [3.63, 3.8) is 0 Å². The Morgan fingerprint density at radius 3 is 1.83 bits per heavy atom. The minimum absolute atomic E-state index is 1.28. The highest BCUT2D eigenvalue weighted by atomic mass is 32.2. The molecule has 0 aromatic carbocycles. The minimum atomic E-state index is -5.08. The van der Waals surface area contributed by atoms with Gasteiger partial charge in [-0.15, -0.1) is 0 Å². The molecule has 2 amide bonds. The van der Waals surface area contributed by atoms with E-state index in [9.17, 15) is 27.6 Å². The van der Waals surface area contributed by atoms with Crippen molar-refractivity contribution < 1.29 is 41.6 Å². The molecule has 0 saturated heterocycles. The summed E-state index contributed by atoms with van der Waals surface area (Å²) < 4.78 is 37.6. The van der Waals surface area contributed by atoms with E-state index in [1.807, 2.05) is 0 Å². The van der Waals surface area contributed by atoms with E-state index < -0.39 is 45.9 Å². The SMILES string of the molecule is NC(=O)OC(=O)CC(C(=O)OC(N)=O)S(=O)(=O)O. The van der Waals surface area contributed by atoms with Crippen LogP contribution in [-0.2, 0) is 29.2 Å². The summed E-state index contributed by atoms with van der Waals surface area (Å²) in [5.41, 5.74) is 8.89. The molecule has 0 spiro atoms. The fourth-order valence-corrected chi connectivity index (χ4v) is 1.42. The summed E-state index contributed by atoms with van der Waals surface area (Å²) in [4.78, 5) is 42.3. The van der Waals surface area contributed by atoms with Gasteiger partial charge in [0.1, 0.15) is 0 Å². The second kappa shape index (κ2) is 5.92. The van der Waals surface area contributed by atoms with Gasteiger partial charge in [-0.05, 0) is 0 Å². The third kappa shape index (κ3) is 5.76. The van der Waals surface area contributed by atoms with E-state index in [-0.39, 0.29) is 0 Å². The smallest absolute Gasteiger partial charge is 0.376 e. The average Bonchev–Trinajstić information content (AvgIpc) is 2.09. The zero-order chi connectivity index (χ0) is 14.5. The van der Waals surface area contributed by atoms with Crippen LogP contribution in [-0.4, -0.2) is 42.3 Å². The maximum Gasteiger partial charge on any atom is 0.412 e. The first-order valence-corrected chi connectivity index (χ1v) is 5.52. The van der Waals surface area contributed by atoms with Crippen LogP contribution < -0.4 is 11.5 Å². The Hall–Kier alpha value is -2.21. The van der Waals surface area contributed by atoms with E-state index in [0.717, 1.165) is 0 Å². The predicted octanol–water partition coefficient (Wildman–Crippen LogP) is -2.12. The number of amides is 2. The van der Waals surface area contributed by atoms with Crippen LogP contribution in [0.25, 0.3) is 0 Å². The van der Waals surface area contributed by atoms with Crippen LogP contribution in [0.4, 0.5) is 9.59 Å². The van der Waals surface area contributed by atoms with Gasteiger partial charge in [-0.3, -0.25) is 9.35 Å². The standard InChI is InChI=1S/C6H8N2O9S/c7-5(11)16-3(9)1-2(18(13,14)15)4(10)17-6(8)12/h2H,1H2,(H2,7,11)(H2,8,12)(H,13,14,15). The van der Waals surface area contributed by atoms with Crippen LogP contribution in [0.15, 0.2) is 0 Å². The van der Waals surface area contributed by atoms with Gasteiger partial charge in [0.05, 0.1) is 6.42 Å². The van der Waals surface area contributed by atoms with Gasteiger partial charge in [-0.25, -0.2) is 14.4 Å².